The Kier molecular flexibility index (Phi) is 6.61. The van der Waals surface area contributed by atoms with Gasteiger partial charge in [-0.25, -0.2) is 0 Å². The zero-order valence-corrected chi connectivity index (χ0v) is 19.5. The van der Waals surface area contributed by atoms with Crippen LogP contribution in [0.3, 0.4) is 0 Å². The molecule has 1 aromatic heterocycles. The number of hydrogen-bond acceptors (Lipinski definition) is 4. The zero-order valence-electron chi connectivity index (χ0n) is 18.7. The summed E-state index contributed by atoms with van der Waals surface area (Å²) < 4.78 is 5.92. The summed E-state index contributed by atoms with van der Waals surface area (Å²) in [5.41, 5.74) is 4.01. The largest absolute Gasteiger partial charge is 0.491 e. The third-order valence-electron chi connectivity index (χ3n) is 5.57. The van der Waals surface area contributed by atoms with Gasteiger partial charge in [-0.15, -0.1) is 11.3 Å². The van der Waals surface area contributed by atoms with E-state index in [1.807, 2.05) is 84.5 Å². The second kappa shape index (κ2) is 9.57. The number of fused-ring (bicyclic) bond motifs is 1. The van der Waals surface area contributed by atoms with Crippen LogP contribution in [0.2, 0.25) is 0 Å². The lowest BCUT2D eigenvalue weighted by molar-refractivity contribution is -0.121. The van der Waals surface area contributed by atoms with E-state index >= 15 is 0 Å². The quantitative estimate of drug-likeness (QED) is 0.534. The van der Waals surface area contributed by atoms with Crippen molar-refractivity contribution >= 4 is 28.8 Å². The minimum atomic E-state index is -0.112. The number of nitrogens with zero attached hydrogens (tertiary/aromatic N) is 2. The molecule has 5 nitrogen and oxygen atoms in total. The molecule has 3 aromatic rings. The summed E-state index contributed by atoms with van der Waals surface area (Å²) >= 11 is 1.45. The standard InChI is InChI=1S/C26H28N2O3S/c1-18(2)25(29)28(22-9-6-19(3)7-10-22)16-20-8-11-23-21(15-20)17-27(12-13-31-23)26(30)24-5-4-14-32-24/h4-11,14-15,18H,12-13,16-17H2,1-3H3. The fourth-order valence-corrected chi connectivity index (χ4v) is 4.48. The van der Waals surface area contributed by atoms with Gasteiger partial charge in [0.2, 0.25) is 5.91 Å². The molecule has 2 heterocycles. The van der Waals surface area contributed by atoms with Crippen LogP contribution in [0.25, 0.3) is 0 Å². The average Bonchev–Trinajstić information content (AvgIpc) is 3.24. The first-order valence-corrected chi connectivity index (χ1v) is 11.8. The Morgan fingerprint density at radius 2 is 1.91 bits per heavy atom. The molecule has 1 aliphatic rings. The lowest BCUT2D eigenvalue weighted by Gasteiger charge is -2.25. The number of aryl methyl sites for hydroxylation is 1. The average molecular weight is 449 g/mol. The third kappa shape index (κ3) is 4.86. The van der Waals surface area contributed by atoms with E-state index in [2.05, 4.69) is 6.07 Å². The summed E-state index contributed by atoms with van der Waals surface area (Å²) in [5, 5.41) is 1.92. The van der Waals surface area contributed by atoms with E-state index < -0.39 is 0 Å². The van der Waals surface area contributed by atoms with E-state index in [0.29, 0.717) is 26.2 Å². The lowest BCUT2D eigenvalue weighted by atomic mass is 10.1. The van der Waals surface area contributed by atoms with Crippen molar-refractivity contribution < 1.29 is 14.3 Å². The van der Waals surface area contributed by atoms with Gasteiger partial charge in [0.05, 0.1) is 18.0 Å². The molecule has 0 radical (unpaired) electrons. The van der Waals surface area contributed by atoms with Crippen molar-refractivity contribution in [2.45, 2.75) is 33.9 Å². The second-order valence-corrected chi connectivity index (χ2v) is 9.36. The van der Waals surface area contributed by atoms with E-state index in [1.165, 1.54) is 11.3 Å². The number of thiophene rings is 1. The van der Waals surface area contributed by atoms with Crippen LogP contribution in [0, 0.1) is 12.8 Å². The van der Waals surface area contributed by atoms with E-state index in [1.54, 1.807) is 0 Å². The van der Waals surface area contributed by atoms with E-state index in [4.69, 9.17) is 4.74 Å². The van der Waals surface area contributed by atoms with Crippen molar-refractivity contribution in [1.29, 1.82) is 0 Å². The van der Waals surface area contributed by atoms with Gasteiger partial charge in [0.15, 0.2) is 0 Å². The Labute approximate surface area is 193 Å². The first-order valence-electron chi connectivity index (χ1n) is 10.9. The zero-order chi connectivity index (χ0) is 22.7. The van der Waals surface area contributed by atoms with Gasteiger partial charge in [0, 0.05) is 23.7 Å². The molecule has 32 heavy (non-hydrogen) atoms. The van der Waals surface area contributed by atoms with Crippen LogP contribution in [0.5, 0.6) is 5.75 Å². The van der Waals surface area contributed by atoms with Gasteiger partial charge in [0.25, 0.3) is 5.91 Å². The summed E-state index contributed by atoms with van der Waals surface area (Å²) in [4.78, 5) is 30.3. The molecule has 4 rings (SSSR count). The predicted octanol–water partition coefficient (Wildman–Crippen LogP) is 5.28. The van der Waals surface area contributed by atoms with Crippen molar-refractivity contribution in [3.8, 4) is 5.75 Å². The van der Waals surface area contributed by atoms with E-state index in [-0.39, 0.29) is 17.7 Å². The summed E-state index contributed by atoms with van der Waals surface area (Å²) in [7, 11) is 0. The number of carbonyl (C=O) groups excluding carboxylic acids is 2. The van der Waals surface area contributed by atoms with Gasteiger partial charge in [-0.05, 0) is 48.2 Å². The van der Waals surface area contributed by atoms with Crippen molar-refractivity contribution in [1.82, 2.24) is 4.90 Å². The Morgan fingerprint density at radius 3 is 2.59 bits per heavy atom. The number of hydrogen-bond donors (Lipinski definition) is 0. The Balaban J connectivity index is 1.60. The Bertz CT molecular complexity index is 1090. The molecule has 0 atom stereocenters. The van der Waals surface area contributed by atoms with Crippen molar-refractivity contribution in [3.63, 3.8) is 0 Å². The molecule has 2 aromatic carbocycles. The summed E-state index contributed by atoms with van der Waals surface area (Å²) in [6, 6.07) is 17.8. The molecule has 0 saturated carbocycles. The van der Waals surface area contributed by atoms with Gasteiger partial charge in [-0.2, -0.15) is 0 Å². The van der Waals surface area contributed by atoms with Crippen molar-refractivity contribution in [2.75, 3.05) is 18.1 Å². The van der Waals surface area contributed by atoms with Crippen LogP contribution in [-0.4, -0.2) is 29.9 Å². The Hall–Kier alpha value is -3.12. The molecule has 0 spiro atoms. The van der Waals surface area contributed by atoms with Crippen LogP contribution in [0.1, 0.15) is 40.2 Å². The van der Waals surface area contributed by atoms with Crippen LogP contribution in [-0.2, 0) is 17.9 Å². The number of carbonyl (C=O) groups is 2. The van der Waals surface area contributed by atoms with Crippen LogP contribution in [0.15, 0.2) is 60.0 Å². The molecule has 0 N–H and O–H groups in total. The number of ether oxygens (including phenoxy) is 1. The predicted molar refractivity (Wildman–Crippen MR) is 128 cm³/mol. The molecular weight excluding hydrogens is 420 g/mol. The molecule has 6 heteroatoms. The molecule has 1 aliphatic heterocycles. The molecule has 0 saturated heterocycles. The molecule has 0 unspecified atom stereocenters. The fourth-order valence-electron chi connectivity index (χ4n) is 3.79. The SMILES string of the molecule is Cc1ccc(N(Cc2ccc3c(c2)CN(C(=O)c2cccs2)CCO3)C(=O)C(C)C)cc1. The summed E-state index contributed by atoms with van der Waals surface area (Å²) in [5.74, 6) is 0.791. The number of benzene rings is 2. The highest BCUT2D eigenvalue weighted by atomic mass is 32.1. The highest BCUT2D eigenvalue weighted by molar-refractivity contribution is 7.12. The number of anilines is 1. The smallest absolute Gasteiger partial charge is 0.264 e. The maximum atomic E-state index is 13.0. The fraction of sp³-hybridized carbons (Fsp3) is 0.308. The molecule has 0 bridgehead atoms. The number of rotatable bonds is 5. The van der Waals surface area contributed by atoms with Gasteiger partial charge >= 0.3 is 0 Å². The van der Waals surface area contributed by atoms with Crippen LogP contribution in [0.4, 0.5) is 5.69 Å². The third-order valence-corrected chi connectivity index (χ3v) is 6.43. The lowest BCUT2D eigenvalue weighted by Crippen LogP contribution is -2.34. The van der Waals surface area contributed by atoms with Crippen LogP contribution >= 0.6 is 11.3 Å². The van der Waals surface area contributed by atoms with E-state index in [9.17, 15) is 9.59 Å². The highest BCUT2D eigenvalue weighted by Crippen LogP contribution is 2.28. The Morgan fingerprint density at radius 1 is 1.12 bits per heavy atom. The monoisotopic (exact) mass is 448 g/mol. The second-order valence-electron chi connectivity index (χ2n) is 8.41. The summed E-state index contributed by atoms with van der Waals surface area (Å²) in [6.45, 7) is 7.83. The topological polar surface area (TPSA) is 49.9 Å². The summed E-state index contributed by atoms with van der Waals surface area (Å²) in [6.07, 6.45) is 0. The van der Waals surface area contributed by atoms with Gasteiger partial charge < -0.3 is 14.5 Å². The van der Waals surface area contributed by atoms with Gasteiger partial charge in [-0.3, -0.25) is 9.59 Å². The first kappa shape index (κ1) is 22.1. The highest BCUT2D eigenvalue weighted by Gasteiger charge is 2.23. The van der Waals surface area contributed by atoms with Gasteiger partial charge in [0.1, 0.15) is 12.4 Å². The first-order chi connectivity index (χ1) is 15.4. The van der Waals surface area contributed by atoms with Crippen molar-refractivity contribution in [2.24, 2.45) is 5.92 Å². The molecule has 2 amide bonds. The molecule has 166 valence electrons. The minimum absolute atomic E-state index is 0.0260. The van der Waals surface area contributed by atoms with Crippen LogP contribution < -0.4 is 9.64 Å². The maximum absolute atomic E-state index is 13.0. The van der Waals surface area contributed by atoms with Crippen molar-refractivity contribution in [3.05, 3.63) is 81.5 Å². The van der Waals surface area contributed by atoms with E-state index in [0.717, 1.165) is 33.0 Å². The van der Waals surface area contributed by atoms with Gasteiger partial charge in [-0.1, -0.05) is 43.7 Å². The minimum Gasteiger partial charge on any atom is -0.491 e. The maximum Gasteiger partial charge on any atom is 0.264 e. The molecular formula is C26H28N2O3S. The number of amides is 2. The normalized spacial score (nSPS) is 13.3. The molecule has 0 aliphatic carbocycles. The molecule has 0 fully saturated rings.